The summed E-state index contributed by atoms with van der Waals surface area (Å²) in [6.07, 6.45) is 7.44. The number of fused-ring (bicyclic) bond motifs is 2. The van der Waals surface area contributed by atoms with Gasteiger partial charge in [0, 0.05) is 59.9 Å². The molecule has 11 nitrogen and oxygen atoms in total. The van der Waals surface area contributed by atoms with Gasteiger partial charge in [-0.3, -0.25) is 9.08 Å². The van der Waals surface area contributed by atoms with Crippen molar-refractivity contribution in [1.82, 2.24) is 24.5 Å². The summed E-state index contributed by atoms with van der Waals surface area (Å²) in [7, 11) is -2.08. The summed E-state index contributed by atoms with van der Waals surface area (Å²) in [4.78, 5) is 13.3. The zero-order chi connectivity index (χ0) is 27.3. The molecule has 3 atom stereocenters. The minimum absolute atomic E-state index is 0.106. The highest BCUT2D eigenvalue weighted by molar-refractivity contribution is 9.10. The predicted octanol–water partition coefficient (Wildman–Crippen LogP) is 2.85. The van der Waals surface area contributed by atoms with Crippen molar-refractivity contribution in [2.24, 2.45) is 0 Å². The van der Waals surface area contributed by atoms with E-state index in [1.165, 1.54) is 0 Å². The van der Waals surface area contributed by atoms with Gasteiger partial charge in [0.15, 0.2) is 0 Å². The number of ether oxygens (including phenoxy) is 1. The lowest BCUT2D eigenvalue weighted by molar-refractivity contribution is 0.177. The largest absolute Gasteiger partial charge is 0.481 e. The quantitative estimate of drug-likeness (QED) is 0.289. The molecule has 2 saturated heterocycles. The molecule has 2 fully saturated rings. The van der Waals surface area contributed by atoms with Crippen LogP contribution in [0.5, 0.6) is 5.88 Å². The van der Waals surface area contributed by atoms with Crippen molar-refractivity contribution >= 4 is 37.4 Å². The molecule has 0 spiro atoms. The molecule has 2 aliphatic rings. The van der Waals surface area contributed by atoms with E-state index in [1.807, 2.05) is 30.3 Å². The lowest BCUT2D eigenvalue weighted by atomic mass is 9.95. The van der Waals surface area contributed by atoms with E-state index in [1.54, 1.807) is 36.4 Å². The van der Waals surface area contributed by atoms with E-state index in [4.69, 9.17) is 13.9 Å². The molecule has 0 aliphatic carbocycles. The van der Waals surface area contributed by atoms with Crippen LogP contribution in [0.2, 0.25) is 0 Å². The molecule has 13 heteroatoms. The van der Waals surface area contributed by atoms with Crippen LogP contribution in [0.4, 0.5) is 5.82 Å². The van der Waals surface area contributed by atoms with E-state index in [0.29, 0.717) is 36.6 Å². The highest BCUT2D eigenvalue weighted by Gasteiger charge is 2.54. The van der Waals surface area contributed by atoms with E-state index in [9.17, 15) is 13.7 Å². The van der Waals surface area contributed by atoms with Gasteiger partial charge >= 0.3 is 0 Å². The number of pyridine rings is 3. The maximum absolute atomic E-state index is 12.1. The van der Waals surface area contributed by atoms with Gasteiger partial charge in [-0.05, 0) is 39.7 Å². The molecular formula is C26H24BrN7O4S. The summed E-state index contributed by atoms with van der Waals surface area (Å²) in [5.41, 5.74) is 3.86. The second-order valence-electron chi connectivity index (χ2n) is 9.63. The predicted molar refractivity (Wildman–Crippen MR) is 147 cm³/mol. The van der Waals surface area contributed by atoms with Crippen molar-refractivity contribution in [2.75, 3.05) is 31.4 Å². The van der Waals surface area contributed by atoms with Crippen LogP contribution >= 0.6 is 15.9 Å². The molecule has 200 valence electrons. The van der Waals surface area contributed by atoms with Crippen LogP contribution in [0.3, 0.4) is 0 Å². The van der Waals surface area contributed by atoms with Crippen LogP contribution in [-0.4, -0.2) is 77.5 Å². The van der Waals surface area contributed by atoms with Crippen molar-refractivity contribution in [3.05, 3.63) is 70.7 Å². The number of halogens is 1. The first-order valence-electron chi connectivity index (χ1n) is 12.2. The molecule has 0 radical (unpaired) electrons. The third kappa shape index (κ3) is 4.85. The van der Waals surface area contributed by atoms with E-state index < -0.39 is 16.2 Å². The van der Waals surface area contributed by atoms with Crippen LogP contribution in [-0.2, 0) is 20.8 Å². The van der Waals surface area contributed by atoms with Crippen LogP contribution in [0, 0.1) is 11.3 Å². The number of aromatic nitrogens is 4. The molecule has 4 aromatic heterocycles. The van der Waals surface area contributed by atoms with E-state index in [2.05, 4.69) is 41.9 Å². The fourth-order valence-corrected chi connectivity index (χ4v) is 6.51. The summed E-state index contributed by atoms with van der Waals surface area (Å²) in [6, 6.07) is 11.7. The molecule has 0 aromatic carbocycles. The Morgan fingerprint density at radius 1 is 1.15 bits per heavy atom. The zero-order valence-electron chi connectivity index (χ0n) is 21.1. The van der Waals surface area contributed by atoms with Gasteiger partial charge in [-0.1, -0.05) is 6.07 Å². The second kappa shape index (κ2) is 9.87. The molecule has 2 aliphatic heterocycles. The van der Waals surface area contributed by atoms with E-state index >= 15 is 0 Å². The maximum atomic E-state index is 12.1. The average molecular weight is 610 g/mol. The van der Waals surface area contributed by atoms with Crippen molar-refractivity contribution in [3.63, 3.8) is 0 Å². The van der Waals surface area contributed by atoms with E-state index in [-0.39, 0.29) is 12.1 Å². The van der Waals surface area contributed by atoms with E-state index in [0.717, 1.165) is 33.2 Å². The second-order valence-corrected chi connectivity index (χ2v) is 12.1. The number of hydrogen-bond donors (Lipinski definition) is 0. The highest BCUT2D eigenvalue weighted by atomic mass is 79.9. The molecule has 6 rings (SSSR count). The fourth-order valence-electron chi connectivity index (χ4n) is 5.46. The van der Waals surface area contributed by atoms with Crippen LogP contribution in [0.15, 0.2) is 59.6 Å². The summed E-state index contributed by atoms with van der Waals surface area (Å²) in [5, 5.41) is 13.8. The third-order valence-electron chi connectivity index (χ3n) is 7.15. The number of methoxy groups -OCH3 is 1. The molecular weight excluding hydrogens is 586 g/mol. The Kier molecular flexibility index (Phi) is 6.50. The molecule has 0 N–H and O–H groups in total. The number of likely N-dealkylation sites (tertiary alicyclic amines) is 1. The minimum Gasteiger partial charge on any atom is -0.481 e. The Balaban J connectivity index is 1.26. The molecule has 6 heterocycles. The number of nitrogens with zero attached hydrogens (tertiary/aromatic N) is 7. The topological polar surface area (TPSA) is 126 Å². The zero-order valence-corrected chi connectivity index (χ0v) is 23.5. The normalized spacial score (nSPS) is 21.0. The number of hydrogen-bond acceptors (Lipinski definition) is 10. The van der Waals surface area contributed by atoms with Gasteiger partial charge < -0.3 is 9.64 Å². The van der Waals surface area contributed by atoms with Crippen molar-refractivity contribution in [1.29, 1.82) is 5.26 Å². The third-order valence-corrected chi connectivity index (χ3v) is 8.18. The number of nitriles is 1. The molecule has 39 heavy (non-hydrogen) atoms. The average Bonchev–Trinajstić information content (AvgIpc) is 3.40. The smallest absolute Gasteiger partial charge is 0.264 e. The maximum Gasteiger partial charge on any atom is 0.264 e. The molecule has 4 aromatic rings. The fraction of sp³-hybridized carbons (Fsp3) is 0.308. The van der Waals surface area contributed by atoms with Gasteiger partial charge in [0.2, 0.25) is 5.88 Å². The molecule has 0 bridgehead atoms. The minimum atomic E-state index is -3.65. The van der Waals surface area contributed by atoms with Gasteiger partial charge in [-0.25, -0.2) is 14.5 Å². The lowest BCUT2D eigenvalue weighted by Gasteiger charge is -2.48. The Morgan fingerprint density at radius 2 is 2.00 bits per heavy atom. The highest BCUT2D eigenvalue weighted by Crippen LogP contribution is 2.39. The standard InChI is InChI=1S/C26H24BrN7O4S/c1-37-24-6-3-16(9-30-24)12-32-15-22(38-39(2,35)36)26-21(32)14-33(26)23-5-4-17(10-29-23)20-7-19(27)13-34-25(20)18(8-28)11-31-34/h3-7,9-11,13,21-22,26H,12,14-15H2,1-2H3/t21-,22+,26+/m0/s1. The Hall–Kier alpha value is -3.57. The summed E-state index contributed by atoms with van der Waals surface area (Å²) in [5.74, 6) is 1.27. The first-order chi connectivity index (χ1) is 18.7. The molecule has 0 unspecified atom stereocenters. The van der Waals surface area contributed by atoms with Crippen LogP contribution in [0.1, 0.15) is 11.1 Å². The SMILES string of the molecule is COc1ccc(CN2C[C@@H](OS(C)(=O)=O)[C@H]3[C@@H]2CN3c2ccc(-c3cc(Br)cn4ncc(C#N)c34)cn2)cn1. The van der Waals surface area contributed by atoms with Crippen molar-refractivity contribution < 1.29 is 17.3 Å². The Bertz CT molecular complexity index is 1690. The summed E-state index contributed by atoms with van der Waals surface area (Å²) < 4.78 is 37.3. The van der Waals surface area contributed by atoms with Gasteiger partial charge in [0.05, 0.1) is 42.7 Å². The summed E-state index contributed by atoms with van der Waals surface area (Å²) in [6.45, 7) is 1.77. The molecule has 0 amide bonds. The first-order valence-corrected chi connectivity index (χ1v) is 14.8. The Morgan fingerprint density at radius 3 is 2.67 bits per heavy atom. The monoisotopic (exact) mass is 609 g/mol. The lowest BCUT2D eigenvalue weighted by Crippen LogP contribution is -2.65. The van der Waals surface area contributed by atoms with Gasteiger partial charge in [-0.15, -0.1) is 0 Å². The Labute approximate surface area is 233 Å². The van der Waals surface area contributed by atoms with Gasteiger partial charge in [0.25, 0.3) is 10.1 Å². The van der Waals surface area contributed by atoms with Crippen LogP contribution < -0.4 is 9.64 Å². The molecule has 0 saturated carbocycles. The van der Waals surface area contributed by atoms with Gasteiger partial charge in [0.1, 0.15) is 18.0 Å². The number of anilines is 1. The van der Waals surface area contributed by atoms with Crippen molar-refractivity contribution in [2.45, 2.75) is 24.7 Å². The van der Waals surface area contributed by atoms with Crippen molar-refractivity contribution in [3.8, 4) is 23.1 Å². The number of rotatable bonds is 7. The summed E-state index contributed by atoms with van der Waals surface area (Å²) >= 11 is 3.52. The first kappa shape index (κ1) is 25.7. The van der Waals surface area contributed by atoms with Gasteiger partial charge in [-0.2, -0.15) is 18.8 Å². The van der Waals surface area contributed by atoms with Crippen LogP contribution in [0.25, 0.3) is 16.6 Å².